The fourth-order valence-electron chi connectivity index (χ4n) is 9.09. The minimum atomic E-state index is -5.08. The van der Waals surface area contributed by atoms with Crippen molar-refractivity contribution in [3.63, 3.8) is 0 Å². The van der Waals surface area contributed by atoms with Crippen molar-refractivity contribution in [1.29, 1.82) is 0 Å². The quantitative estimate of drug-likeness (QED) is 0.0342. The van der Waals surface area contributed by atoms with E-state index in [9.17, 15) is 37.5 Å². The van der Waals surface area contributed by atoms with E-state index in [0.717, 1.165) is 64.5 Å². The number of carbonyl (C=O) groups excluding carboxylic acids is 4. The molecule has 3 aliphatic heterocycles. The molecule has 3 fully saturated rings. The first-order valence-corrected chi connectivity index (χ1v) is 25.8. The van der Waals surface area contributed by atoms with Gasteiger partial charge in [-0.05, 0) is 106 Å². The van der Waals surface area contributed by atoms with Gasteiger partial charge in [-0.1, -0.05) is 73.2 Å². The topological polar surface area (TPSA) is 214 Å². The van der Waals surface area contributed by atoms with E-state index in [1.807, 2.05) is 48.5 Å². The molecule has 400 valence electrons. The van der Waals surface area contributed by atoms with Crippen LogP contribution < -0.4 is 26.2 Å². The first kappa shape index (κ1) is 56.2. The number of piperazine rings is 1. The molecule has 3 aliphatic rings. The van der Waals surface area contributed by atoms with Gasteiger partial charge in [-0.3, -0.25) is 34.4 Å². The van der Waals surface area contributed by atoms with Crippen LogP contribution in [0, 0.1) is 0 Å². The van der Waals surface area contributed by atoms with E-state index in [1.54, 1.807) is 24.4 Å². The van der Waals surface area contributed by atoms with Crippen LogP contribution in [0.2, 0.25) is 10.0 Å². The molecule has 2 aromatic heterocycles. The SMILES string of the molecule is O=C(O)C(F)(F)F.O=C1CCC(Nc2ccc(N3CCN(CCCCCCCCN4CCC(O)(CNC(=O)c5cc(NC(=O)c6cc(-c7ccccn7)c(Cl)cc6Cl)n(-c6ccccc6)n5)CC4)CC3)cc2)C(=O)N1. The number of carboxylic acids is 1. The molecule has 0 radical (unpaired) electrons. The van der Waals surface area contributed by atoms with Crippen LogP contribution >= 0.6 is 23.2 Å². The van der Waals surface area contributed by atoms with Gasteiger partial charge in [0.2, 0.25) is 11.8 Å². The van der Waals surface area contributed by atoms with Gasteiger partial charge in [-0.15, -0.1) is 0 Å². The number of piperidine rings is 2. The maximum absolute atomic E-state index is 13.7. The summed E-state index contributed by atoms with van der Waals surface area (Å²) in [7, 11) is 0. The molecule has 1 atom stereocenters. The fraction of sp³-hybridized carbons (Fsp3) is 0.415. The molecule has 3 saturated heterocycles. The standard InChI is InChI=1S/C51H60Cl2N10O5.C2HF3O2/c52-41-33-42(53)40(32-39(41)43-14-8-9-23-54-43)48(65)57-46-34-45(59-63(46)38-12-6-5-7-13-38)49(66)55-35-51(68)21-26-60(27-22-51)24-10-3-1-2-4-11-25-61-28-30-62(31-29-61)37-17-15-36(16-18-37)56-44-19-20-47(64)58-50(44)67;3-2(4,5)1(6)7/h5-9,12-18,23,32-34,44,56,68H,1-4,10-11,19-22,24-31,35H2,(H,55,66)(H,57,65)(H,58,64,67);(H,6,7). The Morgan fingerprint density at radius 2 is 1.39 bits per heavy atom. The van der Waals surface area contributed by atoms with E-state index < -0.39 is 29.6 Å². The summed E-state index contributed by atoms with van der Waals surface area (Å²) in [6.45, 7) is 7.84. The third kappa shape index (κ3) is 16.2. The molecule has 75 heavy (non-hydrogen) atoms. The van der Waals surface area contributed by atoms with Crippen molar-refractivity contribution in [1.82, 2.24) is 35.2 Å². The van der Waals surface area contributed by atoms with Crippen molar-refractivity contribution in [2.45, 2.75) is 82.0 Å². The van der Waals surface area contributed by atoms with E-state index in [0.29, 0.717) is 47.7 Å². The van der Waals surface area contributed by atoms with Crippen molar-refractivity contribution in [3.05, 3.63) is 118 Å². The Hall–Kier alpha value is -6.58. The van der Waals surface area contributed by atoms with Crippen LogP contribution in [-0.2, 0) is 14.4 Å². The number of aliphatic carboxylic acids is 1. The number of benzene rings is 3. The van der Waals surface area contributed by atoms with Gasteiger partial charge in [0.1, 0.15) is 11.9 Å². The van der Waals surface area contributed by atoms with Crippen LogP contribution in [-0.4, -0.2) is 141 Å². The van der Waals surface area contributed by atoms with Crippen molar-refractivity contribution < 1.29 is 47.4 Å². The first-order valence-electron chi connectivity index (χ1n) is 25.0. The molecule has 3 aromatic carbocycles. The first-order chi connectivity index (χ1) is 35.9. The Morgan fingerprint density at radius 1 is 0.760 bits per heavy atom. The van der Waals surface area contributed by atoms with Gasteiger partial charge in [0, 0.05) is 81.4 Å². The number of halogens is 5. The molecule has 5 heterocycles. The maximum Gasteiger partial charge on any atom is 0.490 e. The average Bonchev–Trinajstić information content (AvgIpc) is 3.82. The van der Waals surface area contributed by atoms with E-state index in [2.05, 4.69) is 58.2 Å². The van der Waals surface area contributed by atoms with Crippen LogP contribution in [0.5, 0.6) is 0 Å². The number of pyridine rings is 1. The molecule has 8 rings (SSSR count). The molecule has 0 saturated carbocycles. The summed E-state index contributed by atoms with van der Waals surface area (Å²) < 4.78 is 33.2. The van der Waals surface area contributed by atoms with Crippen LogP contribution in [0.3, 0.4) is 0 Å². The van der Waals surface area contributed by atoms with E-state index >= 15 is 0 Å². The van der Waals surface area contributed by atoms with Crippen molar-refractivity contribution >= 4 is 70.0 Å². The summed E-state index contributed by atoms with van der Waals surface area (Å²) in [6.07, 6.45) is 5.76. The number of alkyl halides is 3. The molecule has 4 amide bonds. The van der Waals surface area contributed by atoms with Crippen LogP contribution in [0.1, 0.15) is 85.1 Å². The lowest BCUT2D eigenvalue weighted by Crippen LogP contribution is -2.51. The van der Waals surface area contributed by atoms with E-state index in [-0.39, 0.29) is 46.5 Å². The maximum atomic E-state index is 13.7. The minimum Gasteiger partial charge on any atom is -0.475 e. The second kappa shape index (κ2) is 26.3. The Balaban J connectivity index is 0.00000109. The Morgan fingerprint density at radius 3 is 2.00 bits per heavy atom. The molecule has 0 bridgehead atoms. The number of rotatable bonds is 19. The fourth-order valence-corrected chi connectivity index (χ4v) is 9.65. The third-order valence-electron chi connectivity index (χ3n) is 13.4. The molecule has 6 N–H and O–H groups in total. The number of para-hydroxylation sites is 1. The lowest BCUT2D eigenvalue weighted by atomic mass is 9.91. The number of aromatic nitrogens is 3. The number of unbranched alkanes of at least 4 members (excludes halogenated alkanes) is 5. The van der Waals surface area contributed by atoms with Gasteiger partial charge in [0.05, 0.1) is 32.6 Å². The highest BCUT2D eigenvalue weighted by Crippen LogP contribution is 2.33. The number of carbonyl (C=O) groups is 5. The number of imide groups is 1. The number of hydrogen-bond donors (Lipinski definition) is 6. The molecule has 0 aliphatic carbocycles. The zero-order chi connectivity index (χ0) is 53.5. The number of likely N-dealkylation sites (tertiary alicyclic amines) is 1. The van der Waals surface area contributed by atoms with Crippen LogP contribution in [0.25, 0.3) is 16.9 Å². The highest BCUT2D eigenvalue weighted by atomic mass is 35.5. The lowest BCUT2D eigenvalue weighted by Gasteiger charge is -2.38. The Bertz CT molecular complexity index is 2740. The molecular weight excluding hydrogens is 1020 g/mol. The Labute approximate surface area is 442 Å². The van der Waals surface area contributed by atoms with Gasteiger partial charge < -0.3 is 36.0 Å². The number of aliphatic hydroxyl groups is 1. The largest absolute Gasteiger partial charge is 0.490 e. The average molecular weight is 1080 g/mol. The second-order valence-corrected chi connectivity index (χ2v) is 19.7. The number of amides is 4. The molecule has 22 heteroatoms. The number of nitrogens with zero attached hydrogens (tertiary/aromatic N) is 6. The van der Waals surface area contributed by atoms with Crippen LogP contribution in [0.15, 0.2) is 97.2 Å². The zero-order valence-corrected chi connectivity index (χ0v) is 42.8. The predicted octanol–water partition coefficient (Wildman–Crippen LogP) is 8.06. The second-order valence-electron chi connectivity index (χ2n) is 18.8. The monoisotopic (exact) mass is 1080 g/mol. The van der Waals surface area contributed by atoms with E-state index in [1.165, 1.54) is 54.6 Å². The summed E-state index contributed by atoms with van der Waals surface area (Å²) in [5.74, 6) is -3.94. The summed E-state index contributed by atoms with van der Waals surface area (Å²) >= 11 is 13.0. The lowest BCUT2D eigenvalue weighted by molar-refractivity contribution is -0.192. The summed E-state index contributed by atoms with van der Waals surface area (Å²) in [5.41, 5.74) is 3.08. The van der Waals surface area contributed by atoms with Gasteiger partial charge in [-0.2, -0.15) is 18.3 Å². The van der Waals surface area contributed by atoms with Crippen molar-refractivity contribution in [3.8, 4) is 16.9 Å². The molecule has 1 unspecified atom stereocenters. The Kier molecular flexibility index (Phi) is 19.7. The molecule has 17 nitrogen and oxygen atoms in total. The predicted molar refractivity (Wildman–Crippen MR) is 280 cm³/mol. The van der Waals surface area contributed by atoms with Gasteiger partial charge in [0.15, 0.2) is 5.69 Å². The number of carboxylic acid groups (broad SMARTS) is 1. The summed E-state index contributed by atoms with van der Waals surface area (Å²) in [5, 5.41) is 35.1. The van der Waals surface area contributed by atoms with Gasteiger partial charge in [-0.25, -0.2) is 9.48 Å². The normalized spacial score (nSPS) is 17.1. The summed E-state index contributed by atoms with van der Waals surface area (Å²) in [4.78, 5) is 71.4. The minimum absolute atomic E-state index is 0.0866. The van der Waals surface area contributed by atoms with Gasteiger partial charge in [0.25, 0.3) is 11.8 Å². The highest BCUT2D eigenvalue weighted by molar-refractivity contribution is 6.38. The number of hydrogen-bond acceptors (Lipinski definition) is 12. The number of anilines is 3. The van der Waals surface area contributed by atoms with E-state index in [4.69, 9.17) is 33.1 Å². The van der Waals surface area contributed by atoms with Crippen molar-refractivity contribution in [2.24, 2.45) is 0 Å². The molecular formula is C53H61Cl2F3N10O7. The molecule has 5 aromatic rings. The molecule has 0 spiro atoms. The third-order valence-corrected chi connectivity index (χ3v) is 14.0. The zero-order valence-electron chi connectivity index (χ0n) is 41.3. The highest BCUT2D eigenvalue weighted by Gasteiger charge is 2.38. The smallest absolute Gasteiger partial charge is 0.475 e. The van der Waals surface area contributed by atoms with Gasteiger partial charge >= 0.3 is 12.1 Å². The van der Waals surface area contributed by atoms with Crippen LogP contribution in [0.4, 0.5) is 30.4 Å². The van der Waals surface area contributed by atoms with Crippen molar-refractivity contribution in [2.75, 3.05) is 74.4 Å². The summed E-state index contributed by atoms with van der Waals surface area (Å²) in [6, 6.07) is 27.1. The number of nitrogens with one attached hydrogen (secondary N) is 4.